The van der Waals surface area contributed by atoms with Crippen LogP contribution in [-0.2, 0) is 17.6 Å². The summed E-state index contributed by atoms with van der Waals surface area (Å²) in [7, 11) is 3.97. The van der Waals surface area contributed by atoms with Crippen LogP contribution in [0.3, 0.4) is 0 Å². The van der Waals surface area contributed by atoms with E-state index >= 15 is 0 Å². The molecule has 148 valence electrons. The van der Waals surface area contributed by atoms with E-state index < -0.39 is 0 Å². The Labute approximate surface area is 171 Å². The number of rotatable bonds is 6. The van der Waals surface area contributed by atoms with Crippen molar-refractivity contribution in [3.05, 3.63) is 58.7 Å². The van der Waals surface area contributed by atoms with Crippen LogP contribution < -0.4 is 4.74 Å². The number of cyclic esters (lactones) is 1. The standard InChI is InChI=1S/C23H27NO3S/c1-24(12-11-16-9-10-20-22(13-16)28-15-27-23(20)25)14-17-5-3-7-19-18(17)6-4-8-21(19)26-2/h4,6,8-10,13,17H,3,5,7,11-12,14-15H2,1-2H3. The molecular weight excluding hydrogens is 370 g/mol. The summed E-state index contributed by atoms with van der Waals surface area (Å²) in [6.07, 6.45) is 4.57. The van der Waals surface area contributed by atoms with Crippen LogP contribution in [-0.4, -0.2) is 44.1 Å². The highest BCUT2D eigenvalue weighted by Gasteiger charge is 2.24. The first-order chi connectivity index (χ1) is 13.7. The van der Waals surface area contributed by atoms with Gasteiger partial charge in [-0.2, -0.15) is 0 Å². The summed E-state index contributed by atoms with van der Waals surface area (Å²) in [6.45, 7) is 2.07. The van der Waals surface area contributed by atoms with Gasteiger partial charge in [0.05, 0.1) is 12.7 Å². The van der Waals surface area contributed by atoms with Gasteiger partial charge >= 0.3 is 5.97 Å². The number of fused-ring (bicyclic) bond motifs is 2. The number of methoxy groups -OCH3 is 1. The maximum atomic E-state index is 11.8. The molecule has 0 saturated carbocycles. The Hall–Kier alpha value is -1.98. The minimum absolute atomic E-state index is 0.205. The Bertz CT molecular complexity index is 867. The van der Waals surface area contributed by atoms with Crippen molar-refractivity contribution in [2.24, 2.45) is 0 Å². The first kappa shape index (κ1) is 19.3. The number of thioether (sulfide) groups is 1. The predicted octanol–water partition coefficient (Wildman–Crippen LogP) is 4.51. The number of hydrogen-bond donors (Lipinski definition) is 0. The number of likely N-dealkylation sites (N-methyl/N-ethyl adjacent to an activating group) is 1. The minimum Gasteiger partial charge on any atom is -0.496 e. The van der Waals surface area contributed by atoms with Crippen molar-refractivity contribution in [2.75, 3.05) is 33.2 Å². The highest BCUT2D eigenvalue weighted by molar-refractivity contribution is 7.99. The maximum Gasteiger partial charge on any atom is 0.340 e. The van der Waals surface area contributed by atoms with Gasteiger partial charge in [0.25, 0.3) is 0 Å². The number of carbonyl (C=O) groups excluding carboxylic acids is 1. The quantitative estimate of drug-likeness (QED) is 0.671. The Morgan fingerprint density at radius 1 is 1.29 bits per heavy atom. The average Bonchev–Trinajstić information content (AvgIpc) is 2.72. The molecule has 0 fully saturated rings. The van der Waals surface area contributed by atoms with Crippen molar-refractivity contribution in [3.63, 3.8) is 0 Å². The fourth-order valence-corrected chi connectivity index (χ4v) is 5.15. The zero-order valence-corrected chi connectivity index (χ0v) is 17.4. The number of ether oxygens (including phenoxy) is 2. The van der Waals surface area contributed by atoms with E-state index in [1.807, 2.05) is 6.07 Å². The molecule has 1 unspecified atom stereocenters. The second kappa shape index (κ2) is 8.58. The van der Waals surface area contributed by atoms with Gasteiger partial charge in [-0.15, -0.1) is 0 Å². The molecule has 1 heterocycles. The van der Waals surface area contributed by atoms with Crippen LogP contribution in [0.2, 0.25) is 0 Å². The van der Waals surface area contributed by atoms with Crippen molar-refractivity contribution in [1.82, 2.24) is 4.90 Å². The lowest BCUT2D eigenvalue weighted by atomic mass is 9.82. The third-order valence-corrected chi connectivity index (χ3v) is 6.68. The molecule has 0 radical (unpaired) electrons. The summed E-state index contributed by atoms with van der Waals surface area (Å²) in [5.74, 6) is 1.82. The summed E-state index contributed by atoms with van der Waals surface area (Å²) in [5, 5.41) is 0. The van der Waals surface area contributed by atoms with Crippen LogP contribution in [0, 0.1) is 0 Å². The Morgan fingerprint density at radius 3 is 3.04 bits per heavy atom. The fraction of sp³-hybridized carbons (Fsp3) is 0.435. The van der Waals surface area contributed by atoms with Crippen molar-refractivity contribution in [1.29, 1.82) is 0 Å². The number of hydrogen-bond acceptors (Lipinski definition) is 5. The smallest absolute Gasteiger partial charge is 0.340 e. The maximum absolute atomic E-state index is 11.8. The van der Waals surface area contributed by atoms with Gasteiger partial charge in [0, 0.05) is 18.0 Å². The lowest BCUT2D eigenvalue weighted by Crippen LogP contribution is -2.28. The normalized spacial score (nSPS) is 18.4. The molecule has 0 spiro atoms. The molecule has 28 heavy (non-hydrogen) atoms. The van der Waals surface area contributed by atoms with E-state index in [0.717, 1.165) is 36.6 Å². The molecule has 2 aliphatic rings. The number of benzene rings is 2. The summed E-state index contributed by atoms with van der Waals surface area (Å²) in [5.41, 5.74) is 4.83. The van der Waals surface area contributed by atoms with Crippen molar-refractivity contribution in [2.45, 2.75) is 36.5 Å². The van der Waals surface area contributed by atoms with E-state index in [4.69, 9.17) is 9.47 Å². The summed E-state index contributed by atoms with van der Waals surface area (Å²) in [6, 6.07) is 12.6. The molecule has 4 rings (SSSR count). The van der Waals surface area contributed by atoms with Gasteiger partial charge in [-0.3, -0.25) is 0 Å². The van der Waals surface area contributed by atoms with Crippen molar-refractivity contribution < 1.29 is 14.3 Å². The zero-order chi connectivity index (χ0) is 19.5. The van der Waals surface area contributed by atoms with Crippen LogP contribution in [0.4, 0.5) is 0 Å². The minimum atomic E-state index is -0.205. The first-order valence-electron chi connectivity index (χ1n) is 9.93. The molecule has 0 bridgehead atoms. The Balaban J connectivity index is 1.38. The summed E-state index contributed by atoms with van der Waals surface area (Å²) >= 11 is 1.60. The van der Waals surface area contributed by atoms with Crippen LogP contribution in [0.25, 0.3) is 0 Å². The molecule has 0 amide bonds. The van der Waals surface area contributed by atoms with E-state index in [9.17, 15) is 4.79 Å². The van der Waals surface area contributed by atoms with Gasteiger partial charge in [0.15, 0.2) is 0 Å². The van der Waals surface area contributed by atoms with E-state index in [1.54, 1.807) is 18.9 Å². The third-order valence-electron chi connectivity index (χ3n) is 5.79. The second-order valence-corrected chi connectivity index (χ2v) is 8.62. The molecule has 2 aromatic rings. The second-order valence-electron chi connectivity index (χ2n) is 7.65. The van der Waals surface area contributed by atoms with Crippen LogP contribution in [0.1, 0.15) is 45.8 Å². The van der Waals surface area contributed by atoms with Gasteiger partial charge in [0.1, 0.15) is 11.7 Å². The van der Waals surface area contributed by atoms with Gasteiger partial charge in [-0.05, 0) is 73.5 Å². The molecule has 1 aliphatic carbocycles. The van der Waals surface area contributed by atoms with Gasteiger partial charge < -0.3 is 14.4 Å². The first-order valence-corrected chi connectivity index (χ1v) is 10.9. The molecule has 0 aromatic heterocycles. The lowest BCUT2D eigenvalue weighted by Gasteiger charge is -2.30. The third kappa shape index (κ3) is 4.06. The van der Waals surface area contributed by atoms with Crippen LogP contribution >= 0.6 is 11.8 Å². The van der Waals surface area contributed by atoms with Crippen LogP contribution in [0.15, 0.2) is 41.3 Å². The number of esters is 1. The molecule has 1 atom stereocenters. The number of carbonyl (C=O) groups is 1. The van der Waals surface area contributed by atoms with E-state index in [2.05, 4.69) is 42.3 Å². The molecule has 0 N–H and O–H groups in total. The van der Waals surface area contributed by atoms with Crippen molar-refractivity contribution >= 4 is 17.7 Å². The Morgan fingerprint density at radius 2 is 2.18 bits per heavy atom. The molecule has 2 aromatic carbocycles. The van der Waals surface area contributed by atoms with Gasteiger partial charge in [-0.1, -0.05) is 30.0 Å². The molecular formula is C23H27NO3S. The molecule has 4 nitrogen and oxygen atoms in total. The molecule has 1 aliphatic heterocycles. The Kier molecular flexibility index (Phi) is 5.93. The monoisotopic (exact) mass is 397 g/mol. The highest BCUT2D eigenvalue weighted by atomic mass is 32.2. The largest absolute Gasteiger partial charge is 0.496 e. The fourth-order valence-electron chi connectivity index (χ4n) is 4.32. The predicted molar refractivity (Wildman–Crippen MR) is 112 cm³/mol. The summed E-state index contributed by atoms with van der Waals surface area (Å²) < 4.78 is 10.7. The average molecular weight is 398 g/mol. The lowest BCUT2D eigenvalue weighted by molar-refractivity contribution is 0.0566. The molecule has 5 heteroatoms. The van der Waals surface area contributed by atoms with E-state index in [-0.39, 0.29) is 5.97 Å². The van der Waals surface area contributed by atoms with Crippen LogP contribution in [0.5, 0.6) is 5.75 Å². The summed E-state index contributed by atoms with van der Waals surface area (Å²) in [4.78, 5) is 15.3. The van der Waals surface area contributed by atoms with Gasteiger partial charge in [-0.25, -0.2) is 4.79 Å². The van der Waals surface area contributed by atoms with Crippen molar-refractivity contribution in [3.8, 4) is 5.75 Å². The van der Waals surface area contributed by atoms with E-state index in [1.165, 1.54) is 29.5 Å². The van der Waals surface area contributed by atoms with Gasteiger partial charge in [0.2, 0.25) is 0 Å². The zero-order valence-electron chi connectivity index (χ0n) is 16.6. The number of nitrogens with zero attached hydrogens (tertiary/aromatic N) is 1. The van der Waals surface area contributed by atoms with E-state index in [0.29, 0.717) is 17.4 Å². The SMILES string of the molecule is COc1cccc2c1CCCC2CN(C)CCc1ccc2c(c1)SCOC2=O. The highest BCUT2D eigenvalue weighted by Crippen LogP contribution is 2.37. The molecule has 0 saturated heterocycles. The topological polar surface area (TPSA) is 38.8 Å².